The molecule has 0 saturated heterocycles. The van der Waals surface area contributed by atoms with Gasteiger partial charge in [0.05, 0.1) is 42.3 Å². The third-order valence-corrected chi connectivity index (χ3v) is 7.69. The molecular formula is C25H31F3N4O6S. The van der Waals surface area contributed by atoms with Crippen molar-refractivity contribution in [2.45, 2.75) is 32.2 Å². The lowest BCUT2D eigenvalue weighted by atomic mass is 9.99. The lowest BCUT2D eigenvalue weighted by molar-refractivity contribution is -0.137. The number of likely N-dealkylation sites (N-methyl/N-ethyl adjacent to an activating group) is 1. The summed E-state index contributed by atoms with van der Waals surface area (Å²) in [6.45, 7) is 3.26. The van der Waals surface area contributed by atoms with Crippen molar-refractivity contribution < 1.29 is 41.0 Å². The van der Waals surface area contributed by atoms with E-state index in [2.05, 4.69) is 10.6 Å². The maximum Gasteiger partial charge on any atom is 0.416 e. The number of alkyl halides is 3. The molecule has 0 aliphatic carbocycles. The fourth-order valence-electron chi connectivity index (χ4n) is 3.98. The van der Waals surface area contributed by atoms with Crippen molar-refractivity contribution in [3.05, 3.63) is 53.6 Å². The van der Waals surface area contributed by atoms with Gasteiger partial charge in [-0.3, -0.25) is 4.79 Å². The van der Waals surface area contributed by atoms with Gasteiger partial charge >= 0.3 is 12.2 Å². The normalized spacial score (nSPS) is 19.0. The standard InChI is InChI=1S/C25H31F3N4O6S/c1-15-12-32(16(2)14-33)23(34)19-6-5-7-20(22(19)38-21(15)13-31(3)39(4,36)37)30-24(35)29-18-10-8-17(9-11-18)25(26,27)28/h5-11,15-16,21,33H,12-14H2,1-4H3,(H2,29,30,35)/t15-,16+,21+/m1/s1. The summed E-state index contributed by atoms with van der Waals surface area (Å²) in [5.74, 6) is -0.840. The highest BCUT2D eigenvalue weighted by Gasteiger charge is 2.35. The number of ether oxygens (including phenoxy) is 1. The summed E-state index contributed by atoms with van der Waals surface area (Å²) in [7, 11) is -2.17. The molecule has 0 bridgehead atoms. The zero-order chi connectivity index (χ0) is 29.1. The average Bonchev–Trinajstić information content (AvgIpc) is 2.85. The highest BCUT2D eigenvalue weighted by Crippen LogP contribution is 2.35. The first kappa shape index (κ1) is 30.2. The Morgan fingerprint density at radius 3 is 2.41 bits per heavy atom. The molecular weight excluding hydrogens is 541 g/mol. The number of carbonyl (C=O) groups excluding carboxylic acids is 2. The second-order valence-corrected chi connectivity index (χ2v) is 11.6. The number of halogens is 3. The van der Waals surface area contributed by atoms with Gasteiger partial charge in [-0.2, -0.15) is 13.2 Å². The minimum Gasteiger partial charge on any atom is -0.486 e. The van der Waals surface area contributed by atoms with Crippen molar-refractivity contribution in [3.63, 3.8) is 0 Å². The summed E-state index contributed by atoms with van der Waals surface area (Å²) in [6, 6.07) is 6.98. The number of hydrogen-bond acceptors (Lipinski definition) is 6. The number of nitrogens with zero attached hydrogens (tertiary/aromatic N) is 2. The first-order valence-electron chi connectivity index (χ1n) is 12.0. The summed E-state index contributed by atoms with van der Waals surface area (Å²) >= 11 is 0. The van der Waals surface area contributed by atoms with Gasteiger partial charge in [0, 0.05) is 25.2 Å². The highest BCUT2D eigenvalue weighted by molar-refractivity contribution is 7.88. The monoisotopic (exact) mass is 572 g/mol. The van der Waals surface area contributed by atoms with Gasteiger partial charge in [0.1, 0.15) is 6.10 Å². The van der Waals surface area contributed by atoms with Crippen LogP contribution in [0.5, 0.6) is 5.75 Å². The van der Waals surface area contributed by atoms with E-state index in [1.165, 1.54) is 30.1 Å². The Morgan fingerprint density at radius 2 is 1.85 bits per heavy atom. The molecule has 3 atom stereocenters. The zero-order valence-corrected chi connectivity index (χ0v) is 22.6. The van der Waals surface area contributed by atoms with Crippen LogP contribution in [0.1, 0.15) is 29.8 Å². The fourth-order valence-corrected chi connectivity index (χ4v) is 4.39. The van der Waals surface area contributed by atoms with Gasteiger partial charge in [0.25, 0.3) is 5.91 Å². The number of urea groups is 1. The Labute approximate surface area is 224 Å². The average molecular weight is 573 g/mol. The zero-order valence-electron chi connectivity index (χ0n) is 21.8. The molecule has 2 aromatic carbocycles. The van der Waals surface area contributed by atoms with Crippen molar-refractivity contribution in [3.8, 4) is 5.75 Å². The molecule has 0 radical (unpaired) electrons. The number of carbonyl (C=O) groups is 2. The molecule has 3 rings (SSSR count). The molecule has 1 aliphatic heterocycles. The smallest absolute Gasteiger partial charge is 0.416 e. The van der Waals surface area contributed by atoms with Gasteiger partial charge in [-0.1, -0.05) is 13.0 Å². The van der Waals surface area contributed by atoms with Crippen LogP contribution in [-0.4, -0.2) is 79.8 Å². The van der Waals surface area contributed by atoms with Gasteiger partial charge < -0.3 is 25.4 Å². The Balaban J connectivity index is 1.95. The van der Waals surface area contributed by atoms with Crippen LogP contribution in [-0.2, 0) is 16.2 Å². The van der Waals surface area contributed by atoms with Gasteiger partial charge in [0.15, 0.2) is 5.75 Å². The molecule has 3 N–H and O–H groups in total. The van der Waals surface area contributed by atoms with Crippen LogP contribution in [0.25, 0.3) is 0 Å². The minimum absolute atomic E-state index is 0.00124. The Bertz CT molecular complexity index is 1300. The number of anilines is 2. The molecule has 3 amide bonds. The van der Waals surface area contributed by atoms with Crippen LogP contribution in [0, 0.1) is 5.92 Å². The fraction of sp³-hybridized carbons (Fsp3) is 0.440. The third-order valence-electron chi connectivity index (χ3n) is 6.41. The quantitative estimate of drug-likeness (QED) is 0.466. The number of nitrogens with one attached hydrogen (secondary N) is 2. The first-order chi connectivity index (χ1) is 18.1. The maximum absolute atomic E-state index is 13.5. The molecule has 1 heterocycles. The predicted molar refractivity (Wildman–Crippen MR) is 139 cm³/mol. The minimum atomic E-state index is -4.52. The predicted octanol–water partition coefficient (Wildman–Crippen LogP) is 3.46. The Hall–Kier alpha value is -3.36. The molecule has 1 aliphatic rings. The number of para-hydroxylation sites is 1. The van der Waals surface area contributed by atoms with Gasteiger partial charge in [-0.25, -0.2) is 17.5 Å². The molecule has 0 unspecified atom stereocenters. The van der Waals surface area contributed by atoms with Crippen molar-refractivity contribution in [2.75, 3.05) is 43.6 Å². The molecule has 214 valence electrons. The van der Waals surface area contributed by atoms with Crippen molar-refractivity contribution in [1.29, 1.82) is 0 Å². The van der Waals surface area contributed by atoms with Crippen LogP contribution < -0.4 is 15.4 Å². The summed E-state index contributed by atoms with van der Waals surface area (Å²) in [6.07, 6.45) is -4.21. The van der Waals surface area contributed by atoms with E-state index in [0.29, 0.717) is 0 Å². The third kappa shape index (κ3) is 7.40. The number of aliphatic hydroxyl groups excluding tert-OH is 1. The molecule has 14 heteroatoms. The van der Waals surface area contributed by atoms with E-state index in [0.717, 1.165) is 34.8 Å². The number of rotatable bonds is 7. The molecule has 39 heavy (non-hydrogen) atoms. The lowest BCUT2D eigenvalue weighted by Crippen LogP contribution is -2.50. The van der Waals surface area contributed by atoms with Crippen LogP contribution in [0.2, 0.25) is 0 Å². The van der Waals surface area contributed by atoms with Crippen molar-refractivity contribution in [2.24, 2.45) is 5.92 Å². The van der Waals surface area contributed by atoms with Crippen molar-refractivity contribution >= 4 is 33.3 Å². The Kier molecular flexibility index (Phi) is 9.13. The van der Waals surface area contributed by atoms with Gasteiger partial charge in [-0.15, -0.1) is 0 Å². The second kappa shape index (κ2) is 11.8. The van der Waals surface area contributed by atoms with Gasteiger partial charge in [0.2, 0.25) is 10.0 Å². The molecule has 10 nitrogen and oxygen atoms in total. The molecule has 2 aromatic rings. The topological polar surface area (TPSA) is 128 Å². The van der Waals surface area contributed by atoms with E-state index < -0.39 is 45.8 Å². The summed E-state index contributed by atoms with van der Waals surface area (Å²) in [5, 5.41) is 14.7. The highest BCUT2D eigenvalue weighted by atomic mass is 32.2. The number of amides is 3. The number of aliphatic hydroxyl groups is 1. The summed E-state index contributed by atoms with van der Waals surface area (Å²) in [5.41, 5.74) is -0.601. The molecule has 0 spiro atoms. The van der Waals surface area contributed by atoms with E-state index in [4.69, 9.17) is 4.74 Å². The lowest BCUT2D eigenvalue weighted by Gasteiger charge is -2.38. The molecule has 0 aromatic heterocycles. The van der Waals surface area contributed by atoms with Gasteiger partial charge in [-0.05, 0) is 43.3 Å². The number of hydrogen-bond donors (Lipinski definition) is 3. The van der Waals surface area contributed by atoms with Crippen LogP contribution in [0.15, 0.2) is 42.5 Å². The van der Waals surface area contributed by atoms with Crippen LogP contribution in [0.4, 0.5) is 29.3 Å². The summed E-state index contributed by atoms with van der Waals surface area (Å²) < 4.78 is 70.0. The van der Waals surface area contributed by atoms with Crippen molar-refractivity contribution in [1.82, 2.24) is 9.21 Å². The molecule has 0 saturated carbocycles. The van der Waals surface area contributed by atoms with Crippen LogP contribution in [0.3, 0.4) is 0 Å². The largest absolute Gasteiger partial charge is 0.486 e. The van der Waals surface area contributed by atoms with Crippen LogP contribution >= 0.6 is 0 Å². The maximum atomic E-state index is 13.5. The van der Waals surface area contributed by atoms with E-state index in [9.17, 15) is 36.3 Å². The SMILES string of the molecule is C[C@@H]1CN([C@@H](C)CO)C(=O)c2cccc(NC(=O)Nc3ccc(C(F)(F)F)cc3)c2O[C@H]1CN(C)S(C)(=O)=O. The summed E-state index contributed by atoms with van der Waals surface area (Å²) in [4.78, 5) is 27.7. The van der Waals surface area contributed by atoms with E-state index in [-0.39, 0.29) is 48.3 Å². The van der Waals surface area contributed by atoms with E-state index in [1.807, 2.05) is 0 Å². The molecule has 0 fully saturated rings. The first-order valence-corrected chi connectivity index (χ1v) is 13.8. The number of sulfonamides is 1. The number of fused-ring (bicyclic) bond motifs is 1. The number of benzene rings is 2. The van der Waals surface area contributed by atoms with E-state index in [1.54, 1.807) is 13.8 Å². The Morgan fingerprint density at radius 1 is 1.21 bits per heavy atom. The second-order valence-electron chi connectivity index (χ2n) is 9.50. The van der Waals surface area contributed by atoms with E-state index >= 15 is 0 Å².